The fourth-order valence-electron chi connectivity index (χ4n) is 2.94. The van der Waals surface area contributed by atoms with Gasteiger partial charge in [0.2, 0.25) is 5.91 Å². The maximum Gasteiger partial charge on any atom is 0.220 e. The monoisotopic (exact) mass is 378 g/mol. The number of nitrogens with one attached hydrogen (secondary N) is 2. The molecule has 1 amide bonds. The van der Waals surface area contributed by atoms with Crippen LogP contribution in [0.3, 0.4) is 0 Å². The average Bonchev–Trinajstić information content (AvgIpc) is 2.52. The summed E-state index contributed by atoms with van der Waals surface area (Å²) in [6.45, 7) is 4.75. The van der Waals surface area contributed by atoms with Gasteiger partial charge in [-0.1, -0.05) is 36.2 Å². The number of hydrogen-bond acceptors (Lipinski definition) is 2. The third kappa shape index (κ3) is 6.50. The molecule has 1 fully saturated rings. The Morgan fingerprint density at radius 1 is 1.30 bits per heavy atom. The van der Waals surface area contributed by atoms with Gasteiger partial charge in [-0.3, -0.25) is 4.79 Å². The van der Waals surface area contributed by atoms with Crippen molar-refractivity contribution in [1.82, 2.24) is 10.6 Å². The number of hydrogen-bond donors (Lipinski definition) is 2. The highest BCUT2D eigenvalue weighted by Gasteiger charge is 2.16. The van der Waals surface area contributed by atoms with E-state index in [2.05, 4.69) is 10.6 Å². The molecule has 0 aliphatic carbocycles. The van der Waals surface area contributed by atoms with E-state index in [0.29, 0.717) is 28.9 Å². The minimum atomic E-state index is 0. The zero-order chi connectivity index (χ0) is 15.9. The van der Waals surface area contributed by atoms with Crippen LogP contribution in [0.25, 0.3) is 0 Å². The number of benzene rings is 1. The van der Waals surface area contributed by atoms with Crippen LogP contribution in [0.2, 0.25) is 10.0 Å². The van der Waals surface area contributed by atoms with Gasteiger partial charge in [0.05, 0.1) is 0 Å². The number of carbonyl (C=O) groups excluding carboxylic acids is 1. The zero-order valence-electron chi connectivity index (χ0n) is 13.4. The van der Waals surface area contributed by atoms with Crippen LogP contribution in [0.1, 0.15) is 44.1 Å². The van der Waals surface area contributed by atoms with Crippen molar-refractivity contribution in [2.24, 2.45) is 5.92 Å². The highest BCUT2D eigenvalue weighted by atomic mass is 35.5. The largest absolute Gasteiger partial charge is 0.356 e. The van der Waals surface area contributed by atoms with Gasteiger partial charge < -0.3 is 10.6 Å². The molecular formula is C17H25Cl3N2O. The summed E-state index contributed by atoms with van der Waals surface area (Å²) in [6.07, 6.45) is 3.94. The normalized spacial score (nSPS) is 16.5. The molecule has 1 atom stereocenters. The highest BCUT2D eigenvalue weighted by Crippen LogP contribution is 2.31. The molecule has 1 aliphatic rings. The van der Waals surface area contributed by atoms with E-state index in [1.165, 1.54) is 12.8 Å². The first-order chi connectivity index (χ1) is 10.6. The molecule has 0 aromatic heterocycles. The van der Waals surface area contributed by atoms with Crippen LogP contribution in [0, 0.1) is 5.92 Å². The van der Waals surface area contributed by atoms with E-state index in [0.717, 1.165) is 25.1 Å². The predicted octanol–water partition coefficient (Wildman–Crippen LogP) is 4.41. The summed E-state index contributed by atoms with van der Waals surface area (Å²) in [7, 11) is 0. The van der Waals surface area contributed by atoms with Crippen LogP contribution < -0.4 is 10.6 Å². The molecule has 1 aromatic carbocycles. The van der Waals surface area contributed by atoms with Crippen molar-refractivity contribution in [2.45, 2.75) is 38.5 Å². The zero-order valence-corrected chi connectivity index (χ0v) is 15.7. The van der Waals surface area contributed by atoms with Gasteiger partial charge >= 0.3 is 0 Å². The van der Waals surface area contributed by atoms with Gasteiger partial charge in [-0.2, -0.15) is 0 Å². The van der Waals surface area contributed by atoms with Crippen molar-refractivity contribution in [1.29, 1.82) is 0 Å². The summed E-state index contributed by atoms with van der Waals surface area (Å²) in [5.41, 5.74) is 0.907. The van der Waals surface area contributed by atoms with Gasteiger partial charge in [0.25, 0.3) is 0 Å². The lowest BCUT2D eigenvalue weighted by molar-refractivity contribution is -0.121. The summed E-state index contributed by atoms with van der Waals surface area (Å²) in [5, 5.41) is 7.66. The quantitative estimate of drug-likeness (QED) is 0.768. The second kappa shape index (κ2) is 10.4. The predicted molar refractivity (Wildman–Crippen MR) is 100.0 cm³/mol. The van der Waals surface area contributed by atoms with Crippen molar-refractivity contribution >= 4 is 41.5 Å². The van der Waals surface area contributed by atoms with Crippen LogP contribution in [0.4, 0.5) is 0 Å². The second-order valence-electron chi connectivity index (χ2n) is 6.07. The smallest absolute Gasteiger partial charge is 0.220 e. The molecule has 1 heterocycles. The SMILES string of the molecule is CC(CNC(=O)CCC1CCNCC1)c1c(Cl)cccc1Cl.Cl. The van der Waals surface area contributed by atoms with Crippen molar-refractivity contribution in [2.75, 3.05) is 19.6 Å². The summed E-state index contributed by atoms with van der Waals surface area (Å²) in [4.78, 5) is 12.0. The molecule has 0 bridgehead atoms. The Balaban J connectivity index is 0.00000264. The van der Waals surface area contributed by atoms with Crippen LogP contribution in [-0.4, -0.2) is 25.5 Å². The summed E-state index contributed by atoms with van der Waals surface area (Å²) in [6, 6.07) is 5.49. The number of halogens is 3. The molecule has 130 valence electrons. The van der Waals surface area contributed by atoms with Gasteiger partial charge in [0.15, 0.2) is 0 Å². The molecule has 1 unspecified atom stereocenters. The molecule has 0 radical (unpaired) electrons. The van der Waals surface area contributed by atoms with E-state index in [1.54, 1.807) is 0 Å². The summed E-state index contributed by atoms with van der Waals surface area (Å²) < 4.78 is 0. The molecule has 1 saturated heterocycles. The Morgan fingerprint density at radius 2 is 1.91 bits per heavy atom. The standard InChI is InChI=1S/C17H24Cl2N2O.ClH/c1-12(17-14(18)3-2-4-15(17)19)11-21-16(22)6-5-13-7-9-20-10-8-13;/h2-4,12-13,20H,5-11H2,1H3,(H,21,22);1H. The minimum absolute atomic E-state index is 0. The van der Waals surface area contributed by atoms with Gasteiger partial charge in [-0.15, -0.1) is 12.4 Å². The number of amides is 1. The Bertz CT molecular complexity index is 484. The van der Waals surface area contributed by atoms with Crippen LogP contribution in [0.15, 0.2) is 18.2 Å². The van der Waals surface area contributed by atoms with Crippen LogP contribution in [0.5, 0.6) is 0 Å². The number of piperidine rings is 1. The fraction of sp³-hybridized carbons (Fsp3) is 0.588. The molecule has 1 aliphatic heterocycles. The summed E-state index contributed by atoms with van der Waals surface area (Å²) >= 11 is 12.4. The van der Waals surface area contributed by atoms with E-state index in [9.17, 15) is 4.79 Å². The fourth-order valence-corrected chi connectivity index (χ4v) is 3.71. The molecule has 3 nitrogen and oxygen atoms in total. The van der Waals surface area contributed by atoms with E-state index >= 15 is 0 Å². The molecule has 6 heteroatoms. The molecular weight excluding hydrogens is 355 g/mol. The molecule has 0 spiro atoms. The Morgan fingerprint density at radius 3 is 2.52 bits per heavy atom. The topological polar surface area (TPSA) is 41.1 Å². The van der Waals surface area contributed by atoms with Crippen molar-refractivity contribution < 1.29 is 4.79 Å². The lowest BCUT2D eigenvalue weighted by atomic mass is 9.93. The lowest BCUT2D eigenvalue weighted by Gasteiger charge is -2.22. The minimum Gasteiger partial charge on any atom is -0.356 e. The van der Waals surface area contributed by atoms with E-state index in [-0.39, 0.29) is 24.2 Å². The summed E-state index contributed by atoms with van der Waals surface area (Å²) in [5.74, 6) is 0.903. The third-order valence-electron chi connectivity index (χ3n) is 4.34. The molecule has 2 N–H and O–H groups in total. The Labute approximate surface area is 154 Å². The van der Waals surface area contributed by atoms with E-state index in [1.807, 2.05) is 25.1 Å². The molecule has 2 rings (SSSR count). The van der Waals surface area contributed by atoms with Crippen molar-refractivity contribution in [3.63, 3.8) is 0 Å². The van der Waals surface area contributed by atoms with Gasteiger partial charge in [0, 0.05) is 28.9 Å². The maximum atomic E-state index is 12.0. The van der Waals surface area contributed by atoms with Crippen molar-refractivity contribution in [3.8, 4) is 0 Å². The maximum absolute atomic E-state index is 12.0. The lowest BCUT2D eigenvalue weighted by Crippen LogP contribution is -2.30. The Kier molecular flexibility index (Phi) is 9.30. The van der Waals surface area contributed by atoms with Gasteiger partial charge in [-0.25, -0.2) is 0 Å². The molecule has 1 aromatic rings. The molecule has 23 heavy (non-hydrogen) atoms. The second-order valence-corrected chi connectivity index (χ2v) is 6.89. The first-order valence-corrected chi connectivity index (χ1v) is 8.75. The first kappa shape index (κ1) is 20.6. The van der Waals surface area contributed by atoms with Crippen molar-refractivity contribution in [3.05, 3.63) is 33.8 Å². The van der Waals surface area contributed by atoms with E-state index in [4.69, 9.17) is 23.2 Å². The average molecular weight is 380 g/mol. The highest BCUT2D eigenvalue weighted by molar-refractivity contribution is 6.36. The van der Waals surface area contributed by atoms with E-state index < -0.39 is 0 Å². The van der Waals surface area contributed by atoms with Gasteiger partial charge in [0.1, 0.15) is 0 Å². The van der Waals surface area contributed by atoms with Crippen LogP contribution >= 0.6 is 35.6 Å². The molecule has 0 saturated carbocycles. The van der Waals surface area contributed by atoms with Gasteiger partial charge in [-0.05, 0) is 56.0 Å². The van der Waals surface area contributed by atoms with Crippen LogP contribution in [-0.2, 0) is 4.79 Å². The Hall–Kier alpha value is -0.480. The first-order valence-electron chi connectivity index (χ1n) is 7.99. The number of rotatable bonds is 6. The third-order valence-corrected chi connectivity index (χ3v) is 5.00. The number of carbonyl (C=O) groups is 1.